The first-order valence-corrected chi connectivity index (χ1v) is 8.93. The summed E-state index contributed by atoms with van der Waals surface area (Å²) in [4.78, 5) is 10.3. The van der Waals surface area contributed by atoms with Crippen molar-refractivity contribution in [1.29, 1.82) is 0 Å². The number of nitrogens with one attached hydrogen (secondary N) is 1. The Morgan fingerprint density at radius 1 is 1.19 bits per heavy atom. The molecule has 0 radical (unpaired) electrons. The van der Waals surface area contributed by atoms with Crippen LogP contribution in [0.25, 0.3) is 21.8 Å². The molecule has 2 heterocycles. The van der Waals surface area contributed by atoms with Crippen LogP contribution in [-0.4, -0.2) is 49.2 Å². The Hall–Kier alpha value is -1.98. The number of aromatic nitrogens is 2. The summed E-state index contributed by atoms with van der Waals surface area (Å²) in [6.07, 6.45) is 5.36. The van der Waals surface area contributed by atoms with Crippen molar-refractivity contribution in [3.05, 3.63) is 30.1 Å². The highest BCUT2D eigenvalue weighted by Crippen LogP contribution is 2.45. The van der Waals surface area contributed by atoms with Gasteiger partial charge in [0.25, 0.3) is 0 Å². The van der Waals surface area contributed by atoms with Crippen molar-refractivity contribution in [3.8, 4) is 11.5 Å². The van der Waals surface area contributed by atoms with Crippen molar-refractivity contribution in [1.82, 2.24) is 14.9 Å². The van der Waals surface area contributed by atoms with Crippen LogP contribution < -0.4 is 9.47 Å². The number of H-pyrrole nitrogens is 1. The molecule has 4 rings (SSSR count). The standard InChI is InChI=1S/C20H25N3O2.ClH/c1-23(2)9-4-10-25-18-12-16-14(11-17(18)24-3)19-15(22-16)7-8-21-20(19)13-5-6-13;/h7-8,11-13,22H,4-6,9-10H2,1-3H3;1H. The molecule has 0 unspecified atom stereocenters. The first-order chi connectivity index (χ1) is 12.2. The van der Waals surface area contributed by atoms with E-state index in [9.17, 15) is 0 Å². The van der Waals surface area contributed by atoms with E-state index >= 15 is 0 Å². The van der Waals surface area contributed by atoms with Crippen LogP contribution in [0.2, 0.25) is 0 Å². The third-order valence-corrected chi connectivity index (χ3v) is 4.79. The van der Waals surface area contributed by atoms with Crippen molar-refractivity contribution < 1.29 is 9.47 Å². The number of aromatic amines is 1. The summed E-state index contributed by atoms with van der Waals surface area (Å²) in [6, 6.07) is 6.19. The van der Waals surface area contributed by atoms with Gasteiger partial charge in [0.05, 0.1) is 24.9 Å². The summed E-state index contributed by atoms with van der Waals surface area (Å²) in [5.41, 5.74) is 3.43. The molecule has 1 fully saturated rings. The molecular formula is C20H26ClN3O2. The molecule has 0 atom stereocenters. The molecule has 1 aliphatic rings. The summed E-state index contributed by atoms with van der Waals surface area (Å²) >= 11 is 0. The maximum atomic E-state index is 5.99. The number of hydrogen-bond donors (Lipinski definition) is 1. The third kappa shape index (κ3) is 3.60. The summed E-state index contributed by atoms with van der Waals surface area (Å²) in [6.45, 7) is 1.68. The zero-order valence-electron chi connectivity index (χ0n) is 15.5. The van der Waals surface area contributed by atoms with Crippen molar-refractivity contribution in [2.24, 2.45) is 0 Å². The molecule has 0 bridgehead atoms. The molecule has 0 saturated heterocycles. The van der Waals surface area contributed by atoms with Gasteiger partial charge >= 0.3 is 0 Å². The zero-order chi connectivity index (χ0) is 17.4. The number of rotatable bonds is 7. The highest BCUT2D eigenvalue weighted by molar-refractivity contribution is 6.09. The maximum absolute atomic E-state index is 5.99. The van der Waals surface area contributed by atoms with Crippen molar-refractivity contribution in [2.75, 3.05) is 34.4 Å². The van der Waals surface area contributed by atoms with Gasteiger partial charge in [-0.3, -0.25) is 4.98 Å². The Morgan fingerprint density at radius 2 is 2.00 bits per heavy atom. The normalized spacial score (nSPS) is 14.0. The highest BCUT2D eigenvalue weighted by Gasteiger charge is 2.28. The van der Waals surface area contributed by atoms with E-state index in [0.29, 0.717) is 12.5 Å². The van der Waals surface area contributed by atoms with E-state index in [1.54, 1.807) is 7.11 Å². The van der Waals surface area contributed by atoms with Crippen molar-refractivity contribution >= 4 is 34.2 Å². The van der Waals surface area contributed by atoms with Gasteiger partial charge in [-0.2, -0.15) is 0 Å². The topological polar surface area (TPSA) is 50.4 Å². The number of benzene rings is 1. The van der Waals surface area contributed by atoms with Crippen LogP contribution in [-0.2, 0) is 0 Å². The second-order valence-electron chi connectivity index (χ2n) is 7.07. The van der Waals surface area contributed by atoms with E-state index in [2.05, 4.69) is 41.1 Å². The molecule has 5 nitrogen and oxygen atoms in total. The van der Waals surface area contributed by atoms with Crippen LogP contribution in [0, 0.1) is 0 Å². The molecule has 1 aliphatic carbocycles. The van der Waals surface area contributed by atoms with Crippen LogP contribution in [0.4, 0.5) is 0 Å². The van der Waals surface area contributed by atoms with E-state index in [0.717, 1.165) is 35.5 Å². The van der Waals surface area contributed by atoms with Crippen LogP contribution in [0.3, 0.4) is 0 Å². The molecule has 0 amide bonds. The fourth-order valence-electron chi connectivity index (χ4n) is 3.38. The number of pyridine rings is 1. The average Bonchev–Trinajstić information content (AvgIpc) is 3.38. The lowest BCUT2D eigenvalue weighted by atomic mass is 10.1. The summed E-state index contributed by atoms with van der Waals surface area (Å²) in [7, 11) is 5.84. The number of fused-ring (bicyclic) bond motifs is 3. The van der Waals surface area contributed by atoms with E-state index in [1.807, 2.05) is 12.3 Å². The van der Waals surface area contributed by atoms with Gasteiger partial charge in [-0.1, -0.05) is 0 Å². The molecule has 26 heavy (non-hydrogen) atoms. The molecule has 3 aromatic rings. The smallest absolute Gasteiger partial charge is 0.163 e. The van der Waals surface area contributed by atoms with Crippen LogP contribution >= 0.6 is 12.4 Å². The van der Waals surface area contributed by atoms with Gasteiger partial charge in [-0.25, -0.2) is 0 Å². The number of halogens is 1. The lowest BCUT2D eigenvalue weighted by molar-refractivity contribution is 0.268. The maximum Gasteiger partial charge on any atom is 0.163 e. The Labute approximate surface area is 160 Å². The summed E-state index contributed by atoms with van der Waals surface area (Å²) in [5, 5.41) is 2.40. The van der Waals surface area contributed by atoms with E-state index in [-0.39, 0.29) is 12.4 Å². The van der Waals surface area contributed by atoms with E-state index in [4.69, 9.17) is 9.47 Å². The second kappa shape index (κ2) is 7.72. The molecular weight excluding hydrogens is 350 g/mol. The lowest BCUT2D eigenvalue weighted by Crippen LogP contribution is -2.15. The summed E-state index contributed by atoms with van der Waals surface area (Å²) in [5.74, 6) is 2.18. The minimum atomic E-state index is 0. The third-order valence-electron chi connectivity index (χ3n) is 4.79. The molecule has 1 saturated carbocycles. The van der Waals surface area contributed by atoms with E-state index < -0.39 is 0 Å². The highest BCUT2D eigenvalue weighted by atomic mass is 35.5. The summed E-state index contributed by atoms with van der Waals surface area (Å²) < 4.78 is 11.6. The first-order valence-electron chi connectivity index (χ1n) is 8.93. The van der Waals surface area contributed by atoms with Gasteiger partial charge in [-0.15, -0.1) is 12.4 Å². The SMILES string of the molecule is COc1cc2c(cc1OCCCN(C)C)[nH]c1ccnc(C3CC3)c12.Cl. The fraction of sp³-hybridized carbons (Fsp3) is 0.450. The Kier molecular flexibility index (Phi) is 5.58. The van der Waals surface area contributed by atoms with E-state index in [1.165, 1.54) is 29.3 Å². The molecule has 1 N–H and O–H groups in total. The monoisotopic (exact) mass is 375 g/mol. The minimum Gasteiger partial charge on any atom is -0.493 e. The minimum absolute atomic E-state index is 0. The number of ether oxygens (including phenoxy) is 2. The average molecular weight is 376 g/mol. The Morgan fingerprint density at radius 3 is 2.69 bits per heavy atom. The van der Waals surface area contributed by atoms with Crippen LogP contribution in [0.1, 0.15) is 30.9 Å². The number of nitrogens with zero attached hydrogens (tertiary/aromatic N) is 2. The second-order valence-corrected chi connectivity index (χ2v) is 7.07. The van der Waals surface area contributed by atoms with Gasteiger partial charge < -0.3 is 19.4 Å². The Bertz CT molecular complexity index is 903. The quantitative estimate of drug-likeness (QED) is 0.623. The van der Waals surface area contributed by atoms with Gasteiger partial charge in [0, 0.05) is 41.0 Å². The number of methoxy groups -OCH3 is 1. The zero-order valence-corrected chi connectivity index (χ0v) is 16.4. The van der Waals surface area contributed by atoms with Gasteiger partial charge in [0.2, 0.25) is 0 Å². The van der Waals surface area contributed by atoms with Crippen LogP contribution in [0.15, 0.2) is 24.4 Å². The van der Waals surface area contributed by atoms with Crippen molar-refractivity contribution in [3.63, 3.8) is 0 Å². The van der Waals surface area contributed by atoms with Crippen LogP contribution in [0.5, 0.6) is 11.5 Å². The molecule has 140 valence electrons. The Balaban J connectivity index is 0.00000196. The number of hydrogen-bond acceptors (Lipinski definition) is 4. The predicted octanol–water partition coefficient (Wildman–Crippen LogP) is 4.35. The molecule has 6 heteroatoms. The molecule has 0 spiro atoms. The first kappa shape index (κ1) is 18.8. The molecule has 2 aromatic heterocycles. The van der Waals surface area contributed by atoms with Gasteiger partial charge in [-0.05, 0) is 45.5 Å². The largest absolute Gasteiger partial charge is 0.493 e. The van der Waals surface area contributed by atoms with Gasteiger partial charge in [0.15, 0.2) is 11.5 Å². The fourth-order valence-corrected chi connectivity index (χ4v) is 3.38. The van der Waals surface area contributed by atoms with Gasteiger partial charge in [0.1, 0.15) is 0 Å². The molecule has 0 aliphatic heterocycles. The predicted molar refractivity (Wildman–Crippen MR) is 108 cm³/mol. The molecule has 1 aromatic carbocycles. The lowest BCUT2D eigenvalue weighted by Gasteiger charge is -2.13. The van der Waals surface area contributed by atoms with Crippen molar-refractivity contribution in [2.45, 2.75) is 25.2 Å².